The Hall–Kier alpha value is -2.78. The van der Waals surface area contributed by atoms with E-state index in [1.807, 2.05) is 11.0 Å². The van der Waals surface area contributed by atoms with Crippen LogP contribution in [0.25, 0.3) is 0 Å². The van der Waals surface area contributed by atoms with Crippen LogP contribution in [-0.2, 0) is 17.6 Å². The van der Waals surface area contributed by atoms with E-state index in [1.54, 1.807) is 0 Å². The molecule has 8 nitrogen and oxygen atoms in total. The fourth-order valence-electron chi connectivity index (χ4n) is 6.19. The van der Waals surface area contributed by atoms with Gasteiger partial charge in [-0.1, -0.05) is 0 Å². The number of piperidine rings is 1. The summed E-state index contributed by atoms with van der Waals surface area (Å²) in [5.41, 5.74) is 2.85. The van der Waals surface area contributed by atoms with Gasteiger partial charge in [0.25, 0.3) is 0 Å². The lowest BCUT2D eigenvalue weighted by molar-refractivity contribution is -0.133. The lowest BCUT2D eigenvalue weighted by Gasteiger charge is -2.32. The molecule has 1 saturated carbocycles. The van der Waals surface area contributed by atoms with Crippen molar-refractivity contribution in [2.75, 3.05) is 29.9 Å². The van der Waals surface area contributed by atoms with Crippen molar-refractivity contribution in [1.82, 2.24) is 25.1 Å². The standard InChI is InChI=1S/C25H33F2N7O/c26-25(27)10-9-16(15-25)19-14-21(32-31-19)29-22-17-6-4-7-18(17)28-24(30-22)34-13-5-8-20(34)23(35)33-11-2-1-3-12-33/h14,16,20H,1-13,15H2,(H2,28,29,30,31,32)/t16-,20+/m1/s1. The molecule has 0 unspecified atom stereocenters. The maximum atomic E-state index is 13.7. The summed E-state index contributed by atoms with van der Waals surface area (Å²) in [6.07, 6.45) is 8.16. The molecule has 0 spiro atoms. The Morgan fingerprint density at radius 2 is 1.91 bits per heavy atom. The number of hydrogen-bond donors (Lipinski definition) is 2. The second-order valence-corrected chi connectivity index (χ2v) is 10.5. The molecular weight excluding hydrogens is 452 g/mol. The molecule has 0 radical (unpaired) electrons. The normalized spacial score (nSPS) is 25.8. The number of anilines is 3. The smallest absolute Gasteiger partial charge is 0.248 e. The number of carbonyl (C=O) groups excluding carboxylic acids is 1. The average Bonchev–Trinajstić information content (AvgIpc) is 3.65. The van der Waals surface area contributed by atoms with Gasteiger partial charge in [0, 0.05) is 55.7 Å². The number of H-pyrrole nitrogens is 1. The first-order valence-electron chi connectivity index (χ1n) is 13.1. The van der Waals surface area contributed by atoms with Gasteiger partial charge in [-0.15, -0.1) is 0 Å². The summed E-state index contributed by atoms with van der Waals surface area (Å²) in [6.45, 7) is 2.45. The monoisotopic (exact) mass is 485 g/mol. The Kier molecular flexibility index (Phi) is 5.84. The summed E-state index contributed by atoms with van der Waals surface area (Å²) >= 11 is 0. The van der Waals surface area contributed by atoms with Crippen molar-refractivity contribution in [2.24, 2.45) is 0 Å². The van der Waals surface area contributed by atoms with Crippen LogP contribution in [0.15, 0.2) is 6.07 Å². The van der Waals surface area contributed by atoms with E-state index < -0.39 is 5.92 Å². The van der Waals surface area contributed by atoms with Gasteiger partial charge in [0.15, 0.2) is 5.82 Å². The molecule has 188 valence electrons. The van der Waals surface area contributed by atoms with Crippen molar-refractivity contribution in [3.8, 4) is 0 Å². The third-order valence-electron chi connectivity index (χ3n) is 8.07. The van der Waals surface area contributed by atoms with E-state index in [9.17, 15) is 13.6 Å². The highest BCUT2D eigenvalue weighted by atomic mass is 19.3. The van der Waals surface area contributed by atoms with Crippen molar-refractivity contribution in [3.63, 3.8) is 0 Å². The van der Waals surface area contributed by atoms with Crippen LogP contribution in [0.3, 0.4) is 0 Å². The molecular formula is C25H33F2N7O. The summed E-state index contributed by atoms with van der Waals surface area (Å²) in [6, 6.07) is 1.62. The van der Waals surface area contributed by atoms with Gasteiger partial charge in [-0.2, -0.15) is 10.1 Å². The molecule has 0 aromatic carbocycles. The molecule has 0 bridgehead atoms. The number of alkyl halides is 2. The molecule has 2 N–H and O–H groups in total. The van der Waals surface area contributed by atoms with E-state index in [4.69, 9.17) is 9.97 Å². The first kappa shape index (κ1) is 22.7. The largest absolute Gasteiger partial charge is 0.341 e. The zero-order valence-corrected chi connectivity index (χ0v) is 20.0. The molecule has 10 heteroatoms. The first-order chi connectivity index (χ1) is 17.0. The second-order valence-electron chi connectivity index (χ2n) is 10.5. The van der Waals surface area contributed by atoms with E-state index in [2.05, 4.69) is 20.4 Å². The van der Waals surface area contributed by atoms with E-state index in [-0.39, 0.29) is 30.7 Å². The van der Waals surface area contributed by atoms with Crippen LogP contribution in [0.4, 0.5) is 26.4 Å². The quantitative estimate of drug-likeness (QED) is 0.656. The molecule has 2 atom stereocenters. The summed E-state index contributed by atoms with van der Waals surface area (Å²) in [4.78, 5) is 27.2. The van der Waals surface area contributed by atoms with Crippen molar-refractivity contribution in [1.29, 1.82) is 0 Å². The van der Waals surface area contributed by atoms with Crippen LogP contribution in [0.1, 0.15) is 80.7 Å². The molecule has 2 aromatic heterocycles. The van der Waals surface area contributed by atoms with Crippen LogP contribution in [0.2, 0.25) is 0 Å². The van der Waals surface area contributed by atoms with Crippen LogP contribution in [-0.4, -0.2) is 62.6 Å². The summed E-state index contributed by atoms with van der Waals surface area (Å²) in [5.74, 6) is -0.696. The number of aryl methyl sites for hydroxylation is 1. The number of nitrogens with one attached hydrogen (secondary N) is 2. The molecule has 1 amide bonds. The fraction of sp³-hybridized carbons (Fsp3) is 0.680. The fourth-order valence-corrected chi connectivity index (χ4v) is 6.19. The number of fused-ring (bicyclic) bond motifs is 1. The highest BCUT2D eigenvalue weighted by Gasteiger charge is 2.41. The zero-order chi connectivity index (χ0) is 24.0. The molecule has 4 aliphatic rings. The van der Waals surface area contributed by atoms with Crippen molar-refractivity contribution in [3.05, 3.63) is 23.0 Å². The molecule has 2 aliphatic carbocycles. The Labute approximate surface area is 203 Å². The molecule has 35 heavy (non-hydrogen) atoms. The van der Waals surface area contributed by atoms with Gasteiger partial charge < -0.3 is 15.1 Å². The zero-order valence-electron chi connectivity index (χ0n) is 20.0. The lowest BCUT2D eigenvalue weighted by atomic mass is 10.0. The number of aromatic amines is 1. The number of halogens is 2. The van der Waals surface area contributed by atoms with Gasteiger partial charge in [-0.25, -0.2) is 13.8 Å². The number of amides is 1. The van der Waals surface area contributed by atoms with Gasteiger partial charge in [-0.05, 0) is 57.8 Å². The Morgan fingerprint density at radius 1 is 1.06 bits per heavy atom. The van der Waals surface area contributed by atoms with Gasteiger partial charge in [-0.3, -0.25) is 9.89 Å². The van der Waals surface area contributed by atoms with E-state index in [0.29, 0.717) is 24.0 Å². The predicted octanol–water partition coefficient (Wildman–Crippen LogP) is 4.32. The van der Waals surface area contributed by atoms with Gasteiger partial charge in [0.2, 0.25) is 17.8 Å². The van der Waals surface area contributed by atoms with E-state index in [1.165, 1.54) is 6.42 Å². The topological polar surface area (TPSA) is 90.0 Å². The number of likely N-dealkylation sites (tertiary alicyclic amines) is 1. The molecule has 6 rings (SSSR count). The van der Waals surface area contributed by atoms with Crippen LogP contribution in [0.5, 0.6) is 0 Å². The van der Waals surface area contributed by atoms with Crippen LogP contribution in [0, 0.1) is 0 Å². The number of rotatable bonds is 5. The first-order valence-corrected chi connectivity index (χ1v) is 13.1. The molecule has 2 saturated heterocycles. The minimum Gasteiger partial charge on any atom is -0.341 e. The van der Waals surface area contributed by atoms with Crippen LogP contribution < -0.4 is 10.2 Å². The minimum atomic E-state index is -2.59. The Morgan fingerprint density at radius 3 is 2.71 bits per heavy atom. The highest BCUT2D eigenvalue weighted by Crippen LogP contribution is 2.44. The summed E-state index contributed by atoms with van der Waals surface area (Å²) < 4.78 is 27.4. The average molecular weight is 486 g/mol. The van der Waals surface area contributed by atoms with Gasteiger partial charge >= 0.3 is 0 Å². The maximum Gasteiger partial charge on any atom is 0.248 e. The molecule has 4 heterocycles. The number of carbonyl (C=O) groups is 1. The Balaban J connectivity index is 1.24. The summed E-state index contributed by atoms with van der Waals surface area (Å²) in [5, 5.41) is 10.6. The molecule has 2 aromatic rings. The van der Waals surface area contributed by atoms with Crippen molar-refractivity contribution in [2.45, 2.75) is 88.5 Å². The van der Waals surface area contributed by atoms with Crippen molar-refractivity contribution < 1.29 is 13.6 Å². The second kappa shape index (κ2) is 9.02. The van der Waals surface area contributed by atoms with E-state index in [0.717, 1.165) is 81.5 Å². The minimum absolute atomic E-state index is 0.0740. The third-order valence-corrected chi connectivity index (χ3v) is 8.07. The predicted molar refractivity (Wildman–Crippen MR) is 128 cm³/mol. The Bertz CT molecular complexity index is 1100. The summed E-state index contributed by atoms with van der Waals surface area (Å²) in [7, 11) is 0. The number of aromatic nitrogens is 4. The SMILES string of the molecule is O=C([C@@H]1CCCN1c1nc2c(c(Nc3cc([C@@H]4CCC(F)(F)C4)[nH]n3)n1)CCC2)N1CCCCC1. The molecule has 3 fully saturated rings. The van der Waals surface area contributed by atoms with Gasteiger partial charge in [0.1, 0.15) is 11.9 Å². The van der Waals surface area contributed by atoms with Crippen molar-refractivity contribution >= 4 is 23.5 Å². The lowest BCUT2D eigenvalue weighted by Crippen LogP contribution is -2.48. The maximum absolute atomic E-state index is 13.7. The van der Waals surface area contributed by atoms with E-state index >= 15 is 0 Å². The number of nitrogens with zero attached hydrogens (tertiary/aromatic N) is 5. The number of hydrogen-bond acceptors (Lipinski definition) is 6. The third kappa shape index (κ3) is 4.47. The van der Waals surface area contributed by atoms with Gasteiger partial charge in [0.05, 0.1) is 5.69 Å². The molecule has 2 aliphatic heterocycles. The van der Waals surface area contributed by atoms with Crippen LogP contribution >= 0.6 is 0 Å². The highest BCUT2D eigenvalue weighted by molar-refractivity contribution is 5.85.